The van der Waals surface area contributed by atoms with Crippen LogP contribution in [0.15, 0.2) is 42.5 Å². The lowest BCUT2D eigenvalue weighted by Crippen LogP contribution is -2.27. The molecule has 0 spiro atoms. The van der Waals surface area contributed by atoms with E-state index in [0.717, 1.165) is 11.8 Å². The first-order valence-electron chi connectivity index (χ1n) is 7.82. The number of halogens is 1. The van der Waals surface area contributed by atoms with Crippen LogP contribution in [0.2, 0.25) is 5.02 Å². The lowest BCUT2D eigenvalue weighted by atomic mass is 10.1. The molecule has 0 atom stereocenters. The topological polar surface area (TPSA) is 80.8 Å². The molecule has 0 amide bonds. The lowest BCUT2D eigenvalue weighted by Gasteiger charge is -2.16. The summed E-state index contributed by atoms with van der Waals surface area (Å²) in [6.07, 6.45) is 1.68. The second-order valence-electron chi connectivity index (χ2n) is 5.94. The van der Waals surface area contributed by atoms with Crippen LogP contribution in [0.3, 0.4) is 0 Å². The van der Waals surface area contributed by atoms with E-state index in [1.165, 1.54) is 16.4 Å². The van der Waals surface area contributed by atoms with Gasteiger partial charge in [0.15, 0.2) is 12.4 Å². The van der Waals surface area contributed by atoms with Crippen LogP contribution in [0.5, 0.6) is 0 Å². The van der Waals surface area contributed by atoms with E-state index >= 15 is 0 Å². The molecule has 0 unspecified atom stereocenters. The number of ether oxygens (including phenoxy) is 1. The van der Waals surface area contributed by atoms with Crippen molar-refractivity contribution in [2.24, 2.45) is 0 Å². The molecule has 1 aliphatic rings. The van der Waals surface area contributed by atoms with Gasteiger partial charge < -0.3 is 4.74 Å². The van der Waals surface area contributed by atoms with Gasteiger partial charge in [0.2, 0.25) is 10.0 Å². The van der Waals surface area contributed by atoms with Crippen molar-refractivity contribution in [2.75, 3.05) is 23.7 Å². The zero-order valence-corrected chi connectivity index (χ0v) is 15.5. The third-order valence-electron chi connectivity index (χ3n) is 4.05. The van der Waals surface area contributed by atoms with E-state index in [1.807, 2.05) is 0 Å². The summed E-state index contributed by atoms with van der Waals surface area (Å²) in [5.74, 6) is -0.994. The van der Waals surface area contributed by atoms with E-state index in [4.69, 9.17) is 16.3 Å². The molecule has 0 N–H and O–H groups in total. The number of hydrogen-bond acceptors (Lipinski definition) is 5. The SMILES string of the molecule is CS(=O)(=O)N1CCc2cc(C(=O)COC(=O)c3cccc(Cl)c3)ccc21. The van der Waals surface area contributed by atoms with E-state index in [1.54, 1.807) is 30.3 Å². The summed E-state index contributed by atoms with van der Waals surface area (Å²) in [5, 5.41) is 0.403. The van der Waals surface area contributed by atoms with Gasteiger partial charge in [-0.25, -0.2) is 13.2 Å². The van der Waals surface area contributed by atoms with Gasteiger partial charge in [0.1, 0.15) is 0 Å². The highest BCUT2D eigenvalue weighted by Gasteiger charge is 2.26. The fraction of sp³-hybridized carbons (Fsp3) is 0.222. The number of anilines is 1. The van der Waals surface area contributed by atoms with Crippen LogP contribution in [0, 0.1) is 0 Å². The van der Waals surface area contributed by atoms with Gasteiger partial charge in [-0.2, -0.15) is 0 Å². The van der Waals surface area contributed by atoms with Crippen LogP contribution < -0.4 is 4.31 Å². The van der Waals surface area contributed by atoms with Crippen LogP contribution in [-0.2, 0) is 21.2 Å². The number of rotatable bonds is 5. The van der Waals surface area contributed by atoms with E-state index in [9.17, 15) is 18.0 Å². The van der Waals surface area contributed by atoms with Crippen molar-refractivity contribution in [3.05, 3.63) is 64.2 Å². The molecular weight excluding hydrogens is 378 g/mol. The maximum atomic E-state index is 12.3. The fourth-order valence-corrected chi connectivity index (χ4v) is 3.95. The number of benzene rings is 2. The number of Topliss-reactive ketones (excluding diaryl/α,β-unsaturated/α-hetero) is 1. The fourth-order valence-electron chi connectivity index (χ4n) is 2.80. The largest absolute Gasteiger partial charge is 0.454 e. The summed E-state index contributed by atoms with van der Waals surface area (Å²) >= 11 is 5.82. The predicted octanol–water partition coefficient (Wildman–Crippen LogP) is 2.70. The first-order valence-corrected chi connectivity index (χ1v) is 10.0. The average molecular weight is 394 g/mol. The lowest BCUT2D eigenvalue weighted by molar-refractivity contribution is 0.0475. The molecule has 1 aliphatic heterocycles. The van der Waals surface area contributed by atoms with Crippen molar-refractivity contribution < 1.29 is 22.7 Å². The number of carbonyl (C=O) groups is 2. The molecule has 0 aromatic heterocycles. The molecule has 8 heteroatoms. The van der Waals surface area contributed by atoms with Gasteiger partial charge in [-0.15, -0.1) is 0 Å². The maximum Gasteiger partial charge on any atom is 0.338 e. The Balaban J connectivity index is 1.69. The molecule has 0 saturated heterocycles. The Morgan fingerprint density at radius 2 is 1.92 bits per heavy atom. The number of esters is 1. The van der Waals surface area contributed by atoms with Crippen molar-refractivity contribution in [1.29, 1.82) is 0 Å². The first kappa shape index (κ1) is 18.4. The Kier molecular flexibility index (Phi) is 5.02. The number of hydrogen-bond donors (Lipinski definition) is 0. The molecule has 0 bridgehead atoms. The van der Waals surface area contributed by atoms with Crippen molar-refractivity contribution in [3.8, 4) is 0 Å². The maximum absolute atomic E-state index is 12.3. The highest BCUT2D eigenvalue weighted by molar-refractivity contribution is 7.92. The normalized spacial score (nSPS) is 13.4. The Morgan fingerprint density at radius 3 is 2.62 bits per heavy atom. The van der Waals surface area contributed by atoms with Crippen molar-refractivity contribution in [3.63, 3.8) is 0 Å². The minimum Gasteiger partial charge on any atom is -0.454 e. The van der Waals surface area contributed by atoms with Gasteiger partial charge in [-0.1, -0.05) is 17.7 Å². The molecule has 2 aromatic carbocycles. The standard InChI is InChI=1S/C18H16ClNO5S/c1-26(23,24)20-8-7-12-9-13(5-6-16(12)20)17(21)11-25-18(22)14-3-2-4-15(19)10-14/h2-6,9-10H,7-8,11H2,1H3. The highest BCUT2D eigenvalue weighted by Crippen LogP contribution is 2.30. The Hall–Kier alpha value is -2.38. The summed E-state index contributed by atoms with van der Waals surface area (Å²) in [5.41, 5.74) is 2.00. The molecule has 2 aromatic rings. The third-order valence-corrected chi connectivity index (χ3v) is 5.46. The molecular formula is C18H16ClNO5S. The molecule has 3 rings (SSSR count). The van der Waals surface area contributed by atoms with E-state index in [-0.39, 0.29) is 11.3 Å². The minimum absolute atomic E-state index is 0.267. The zero-order valence-electron chi connectivity index (χ0n) is 13.9. The highest BCUT2D eigenvalue weighted by atomic mass is 35.5. The van der Waals surface area contributed by atoms with E-state index < -0.39 is 22.6 Å². The Bertz CT molecular complexity index is 987. The molecule has 0 aliphatic carbocycles. The second-order valence-corrected chi connectivity index (χ2v) is 8.28. The van der Waals surface area contributed by atoms with Crippen molar-refractivity contribution in [2.45, 2.75) is 6.42 Å². The number of carbonyl (C=O) groups excluding carboxylic acids is 2. The summed E-state index contributed by atoms with van der Waals surface area (Å²) < 4.78 is 29.8. The summed E-state index contributed by atoms with van der Waals surface area (Å²) in [4.78, 5) is 24.3. The molecule has 26 heavy (non-hydrogen) atoms. The number of fused-ring (bicyclic) bond motifs is 1. The molecule has 136 valence electrons. The molecule has 0 radical (unpaired) electrons. The van der Waals surface area contributed by atoms with Gasteiger partial charge in [0.25, 0.3) is 0 Å². The minimum atomic E-state index is -3.34. The average Bonchev–Trinajstić information content (AvgIpc) is 3.02. The van der Waals surface area contributed by atoms with E-state index in [2.05, 4.69) is 0 Å². The molecule has 0 saturated carbocycles. The number of sulfonamides is 1. The monoisotopic (exact) mass is 393 g/mol. The smallest absolute Gasteiger partial charge is 0.338 e. The summed E-state index contributed by atoms with van der Waals surface area (Å²) in [7, 11) is -3.34. The van der Waals surface area contributed by atoms with Crippen LogP contribution in [-0.4, -0.2) is 39.6 Å². The Labute approximate surface area is 156 Å². The van der Waals surface area contributed by atoms with Crippen LogP contribution in [0.1, 0.15) is 26.3 Å². The van der Waals surface area contributed by atoms with Crippen molar-refractivity contribution in [1.82, 2.24) is 0 Å². The van der Waals surface area contributed by atoms with Crippen molar-refractivity contribution >= 4 is 39.1 Å². The van der Waals surface area contributed by atoms with Crippen LogP contribution >= 0.6 is 11.6 Å². The van der Waals surface area contributed by atoms with Crippen LogP contribution in [0.4, 0.5) is 5.69 Å². The summed E-state index contributed by atoms with van der Waals surface area (Å²) in [6, 6.07) is 11.1. The molecule has 1 heterocycles. The quantitative estimate of drug-likeness (QED) is 0.576. The van der Waals surface area contributed by atoms with Gasteiger partial charge in [-0.05, 0) is 48.4 Å². The number of nitrogens with zero attached hydrogens (tertiary/aromatic N) is 1. The van der Waals surface area contributed by atoms with Gasteiger partial charge in [0, 0.05) is 17.1 Å². The second kappa shape index (κ2) is 7.09. The van der Waals surface area contributed by atoms with Gasteiger partial charge in [0.05, 0.1) is 17.5 Å². The number of ketones is 1. The predicted molar refractivity (Wildman–Crippen MR) is 98.4 cm³/mol. The summed E-state index contributed by atoms with van der Waals surface area (Å²) in [6.45, 7) is -0.0461. The molecule has 6 nitrogen and oxygen atoms in total. The molecule has 0 fully saturated rings. The van der Waals surface area contributed by atoms with Gasteiger partial charge >= 0.3 is 5.97 Å². The zero-order chi connectivity index (χ0) is 18.9. The first-order chi connectivity index (χ1) is 12.3. The van der Waals surface area contributed by atoms with Gasteiger partial charge in [-0.3, -0.25) is 9.10 Å². The van der Waals surface area contributed by atoms with Crippen LogP contribution in [0.25, 0.3) is 0 Å². The third kappa shape index (κ3) is 3.89. The Morgan fingerprint density at radius 1 is 1.15 bits per heavy atom. The van der Waals surface area contributed by atoms with E-state index in [0.29, 0.717) is 29.2 Å².